The molecule has 2 nitrogen and oxygen atoms in total. The van der Waals surface area contributed by atoms with E-state index >= 15 is 0 Å². The highest BCUT2D eigenvalue weighted by Gasteiger charge is 2.35. The Morgan fingerprint density at radius 2 is 1.02 bits per heavy atom. The number of aromatic nitrogens is 2. The quantitative estimate of drug-likeness (QED) is 0.140. The molecule has 0 fully saturated rings. The second-order valence-corrected chi connectivity index (χ2v) is 14.2. The Morgan fingerprint density at radius 1 is 0.392 bits per heavy atom. The number of fused-ring (bicyclic) bond motifs is 7. The van der Waals surface area contributed by atoms with Crippen LogP contribution in [0.4, 0.5) is 0 Å². The molecule has 0 aliphatic heterocycles. The van der Waals surface area contributed by atoms with Crippen LogP contribution in [0.25, 0.3) is 88.5 Å². The maximum absolute atomic E-state index is 5.44. The van der Waals surface area contributed by atoms with Gasteiger partial charge in [0.25, 0.3) is 0 Å². The first-order valence-electron chi connectivity index (χ1n) is 17.7. The highest BCUT2D eigenvalue weighted by atomic mass is 14.9. The molecule has 9 aromatic rings. The predicted molar refractivity (Wildman–Crippen MR) is 214 cm³/mol. The van der Waals surface area contributed by atoms with Crippen LogP contribution in [-0.4, -0.2) is 9.97 Å². The van der Waals surface area contributed by atoms with Crippen molar-refractivity contribution >= 4 is 32.3 Å². The van der Waals surface area contributed by atoms with Gasteiger partial charge in [0.1, 0.15) is 0 Å². The van der Waals surface area contributed by atoms with E-state index in [2.05, 4.69) is 184 Å². The van der Waals surface area contributed by atoms with Crippen LogP contribution >= 0.6 is 0 Å². The zero-order valence-electron chi connectivity index (χ0n) is 28.6. The molecule has 8 aromatic carbocycles. The first-order chi connectivity index (χ1) is 25.0. The number of hydrogen-bond acceptors (Lipinski definition) is 2. The highest BCUT2D eigenvalue weighted by molar-refractivity contribution is 6.21. The molecular weight excluding hydrogens is 617 g/mol. The summed E-state index contributed by atoms with van der Waals surface area (Å²) in [6.07, 6.45) is 0. The Morgan fingerprint density at radius 3 is 1.88 bits per heavy atom. The van der Waals surface area contributed by atoms with Crippen LogP contribution in [0.5, 0.6) is 0 Å². The molecule has 2 heteroatoms. The van der Waals surface area contributed by atoms with Crippen molar-refractivity contribution < 1.29 is 0 Å². The molecule has 1 aliphatic carbocycles. The first-order valence-corrected chi connectivity index (χ1v) is 17.7. The molecule has 0 saturated heterocycles. The minimum Gasteiger partial charge on any atom is -0.228 e. The van der Waals surface area contributed by atoms with Gasteiger partial charge in [0.05, 0.1) is 11.4 Å². The average Bonchev–Trinajstić information content (AvgIpc) is 3.42. The minimum absolute atomic E-state index is 0.0192. The van der Waals surface area contributed by atoms with Crippen LogP contribution in [0.15, 0.2) is 170 Å². The molecule has 0 unspecified atom stereocenters. The standard InChI is InChI=1S/C49H34N2/c1-49(2)42-22-11-10-21-40(42)41-29-34(25-26-43(41)49)33-17-12-18-36(27-33)45-30-44(32-14-4-3-5-15-32)50-48(51-45)47-39-20-9-7-16-35(39)28-37-24-23-31-13-6-8-19-38(31)46(37)47/h3-30H,1-2H3. The summed E-state index contributed by atoms with van der Waals surface area (Å²) in [7, 11) is 0. The monoisotopic (exact) mass is 650 g/mol. The van der Waals surface area contributed by atoms with Crippen molar-refractivity contribution in [2.24, 2.45) is 0 Å². The fourth-order valence-electron chi connectivity index (χ4n) is 8.29. The van der Waals surface area contributed by atoms with Gasteiger partial charge in [-0.3, -0.25) is 0 Å². The number of benzene rings is 8. The van der Waals surface area contributed by atoms with Gasteiger partial charge in [0.2, 0.25) is 0 Å². The van der Waals surface area contributed by atoms with Gasteiger partial charge in [0.15, 0.2) is 5.82 Å². The normalized spacial score (nSPS) is 13.1. The van der Waals surface area contributed by atoms with E-state index in [0.29, 0.717) is 0 Å². The fraction of sp³-hybridized carbons (Fsp3) is 0.0612. The molecule has 0 amide bonds. The summed E-state index contributed by atoms with van der Waals surface area (Å²) in [5.41, 5.74) is 12.8. The Hall–Kier alpha value is -6.38. The van der Waals surface area contributed by atoms with Crippen LogP contribution < -0.4 is 0 Å². The largest absolute Gasteiger partial charge is 0.228 e. The van der Waals surface area contributed by atoms with Crippen molar-refractivity contribution in [1.82, 2.24) is 9.97 Å². The predicted octanol–water partition coefficient (Wildman–Crippen LogP) is 12.9. The fourth-order valence-corrected chi connectivity index (χ4v) is 8.29. The van der Waals surface area contributed by atoms with E-state index in [-0.39, 0.29) is 5.41 Å². The molecule has 240 valence electrons. The molecule has 10 rings (SSSR count). The lowest BCUT2D eigenvalue weighted by Gasteiger charge is -2.21. The summed E-state index contributed by atoms with van der Waals surface area (Å²) in [5, 5.41) is 7.09. The van der Waals surface area contributed by atoms with E-state index in [4.69, 9.17) is 9.97 Å². The Balaban J connectivity index is 1.20. The highest BCUT2D eigenvalue weighted by Crippen LogP contribution is 2.49. The van der Waals surface area contributed by atoms with Crippen molar-refractivity contribution in [2.45, 2.75) is 19.3 Å². The van der Waals surface area contributed by atoms with Crippen molar-refractivity contribution in [1.29, 1.82) is 0 Å². The maximum atomic E-state index is 5.44. The maximum Gasteiger partial charge on any atom is 0.161 e. The molecule has 1 aliphatic rings. The summed E-state index contributed by atoms with van der Waals surface area (Å²) in [5.74, 6) is 0.728. The third kappa shape index (κ3) is 4.71. The van der Waals surface area contributed by atoms with Crippen LogP contribution in [0.1, 0.15) is 25.0 Å². The van der Waals surface area contributed by atoms with E-state index in [0.717, 1.165) is 39.3 Å². The van der Waals surface area contributed by atoms with Crippen LogP contribution in [-0.2, 0) is 5.41 Å². The second-order valence-electron chi connectivity index (χ2n) is 14.2. The average molecular weight is 651 g/mol. The molecule has 1 heterocycles. The topological polar surface area (TPSA) is 25.8 Å². The SMILES string of the molecule is CC1(C)c2ccccc2-c2cc(-c3cccc(-c4cc(-c5ccccc5)nc(-c5c6ccccc6cc6ccc7ccccc7c56)n4)c3)ccc21. The minimum atomic E-state index is -0.0192. The smallest absolute Gasteiger partial charge is 0.161 e. The lowest BCUT2D eigenvalue weighted by atomic mass is 9.82. The first kappa shape index (κ1) is 29.5. The molecule has 0 saturated carbocycles. The van der Waals surface area contributed by atoms with Crippen LogP contribution in [0.3, 0.4) is 0 Å². The molecule has 0 bridgehead atoms. The van der Waals surface area contributed by atoms with E-state index in [1.165, 1.54) is 60.3 Å². The van der Waals surface area contributed by atoms with Gasteiger partial charge < -0.3 is 0 Å². The molecule has 1 aromatic heterocycles. The van der Waals surface area contributed by atoms with Crippen LogP contribution in [0, 0.1) is 0 Å². The second kappa shape index (κ2) is 11.3. The molecule has 0 spiro atoms. The lowest BCUT2D eigenvalue weighted by molar-refractivity contribution is 0.660. The Labute approximate surface area is 297 Å². The summed E-state index contributed by atoms with van der Waals surface area (Å²) in [6.45, 7) is 4.66. The Kier molecular flexibility index (Phi) is 6.56. The summed E-state index contributed by atoms with van der Waals surface area (Å²) in [6, 6.07) is 61.2. The van der Waals surface area contributed by atoms with Crippen molar-refractivity contribution in [3.63, 3.8) is 0 Å². The summed E-state index contributed by atoms with van der Waals surface area (Å²) < 4.78 is 0. The van der Waals surface area contributed by atoms with Gasteiger partial charge in [-0.1, -0.05) is 159 Å². The van der Waals surface area contributed by atoms with Gasteiger partial charge in [0, 0.05) is 27.5 Å². The number of nitrogens with zero attached hydrogens (tertiary/aromatic N) is 2. The third-order valence-corrected chi connectivity index (χ3v) is 10.8. The van der Waals surface area contributed by atoms with Gasteiger partial charge in [-0.15, -0.1) is 0 Å². The van der Waals surface area contributed by atoms with E-state index in [1.807, 2.05) is 0 Å². The molecular formula is C49H34N2. The third-order valence-electron chi connectivity index (χ3n) is 10.8. The lowest BCUT2D eigenvalue weighted by Crippen LogP contribution is -2.14. The number of rotatable bonds is 4. The molecule has 51 heavy (non-hydrogen) atoms. The van der Waals surface area contributed by atoms with Gasteiger partial charge in [-0.05, 0) is 84.6 Å². The summed E-state index contributed by atoms with van der Waals surface area (Å²) >= 11 is 0. The van der Waals surface area contributed by atoms with Crippen molar-refractivity contribution in [3.8, 4) is 56.2 Å². The Bertz CT molecular complexity index is 2830. The van der Waals surface area contributed by atoms with Gasteiger partial charge in [-0.25, -0.2) is 9.97 Å². The van der Waals surface area contributed by atoms with E-state index < -0.39 is 0 Å². The van der Waals surface area contributed by atoms with Gasteiger partial charge >= 0.3 is 0 Å². The van der Waals surface area contributed by atoms with Gasteiger partial charge in [-0.2, -0.15) is 0 Å². The van der Waals surface area contributed by atoms with Crippen molar-refractivity contribution in [2.75, 3.05) is 0 Å². The summed E-state index contributed by atoms with van der Waals surface area (Å²) in [4.78, 5) is 10.8. The zero-order chi connectivity index (χ0) is 34.1. The zero-order valence-corrected chi connectivity index (χ0v) is 28.6. The number of hydrogen-bond donors (Lipinski definition) is 0. The van der Waals surface area contributed by atoms with Crippen molar-refractivity contribution in [3.05, 3.63) is 181 Å². The van der Waals surface area contributed by atoms with Crippen LogP contribution in [0.2, 0.25) is 0 Å². The van der Waals surface area contributed by atoms with E-state index in [1.54, 1.807) is 0 Å². The molecule has 0 N–H and O–H groups in total. The molecule has 0 radical (unpaired) electrons. The van der Waals surface area contributed by atoms with E-state index in [9.17, 15) is 0 Å². The molecule has 0 atom stereocenters.